The van der Waals surface area contributed by atoms with Gasteiger partial charge >= 0.3 is 0 Å². The van der Waals surface area contributed by atoms with Crippen LogP contribution in [0, 0.1) is 0 Å². The first-order valence-electron chi connectivity index (χ1n) is 11.5. The van der Waals surface area contributed by atoms with Crippen LogP contribution in [-0.4, -0.2) is 11.8 Å². The van der Waals surface area contributed by atoms with Gasteiger partial charge in [-0.05, 0) is 72.2 Å². The van der Waals surface area contributed by atoms with E-state index in [0.717, 1.165) is 59.3 Å². The van der Waals surface area contributed by atoms with Gasteiger partial charge in [0.15, 0.2) is 0 Å². The lowest BCUT2D eigenvalue weighted by Crippen LogP contribution is -2.17. The quantitative estimate of drug-likeness (QED) is 0.434. The second kappa shape index (κ2) is 10.8. The molecule has 4 heteroatoms. The fraction of sp³-hybridized carbons (Fsp3) is 0.286. The largest absolute Gasteiger partial charge is 0.321 e. The van der Waals surface area contributed by atoms with Crippen molar-refractivity contribution in [3.05, 3.63) is 94.0 Å². The number of rotatable bonds is 8. The summed E-state index contributed by atoms with van der Waals surface area (Å²) < 4.78 is 0. The molecular formula is C28H32N2O2. The topological polar surface area (TPSA) is 58.2 Å². The molecule has 0 aliphatic heterocycles. The highest BCUT2D eigenvalue weighted by molar-refractivity contribution is 6.08. The van der Waals surface area contributed by atoms with Gasteiger partial charge < -0.3 is 10.6 Å². The highest BCUT2D eigenvalue weighted by Gasteiger charge is 2.15. The van der Waals surface area contributed by atoms with E-state index in [4.69, 9.17) is 0 Å². The second-order valence-corrected chi connectivity index (χ2v) is 7.80. The first kappa shape index (κ1) is 23.3. The Morgan fingerprint density at radius 3 is 1.06 bits per heavy atom. The number of anilines is 2. The Balaban J connectivity index is 1.77. The first-order chi connectivity index (χ1) is 15.5. The Morgan fingerprint density at radius 1 is 0.531 bits per heavy atom. The van der Waals surface area contributed by atoms with Crippen molar-refractivity contribution in [3.8, 4) is 0 Å². The zero-order valence-corrected chi connectivity index (χ0v) is 19.4. The molecule has 32 heavy (non-hydrogen) atoms. The van der Waals surface area contributed by atoms with E-state index in [1.807, 2.05) is 36.4 Å². The van der Waals surface area contributed by atoms with Crippen LogP contribution in [0.15, 0.2) is 60.7 Å². The molecule has 0 saturated carbocycles. The standard InChI is InChI=1S/C28H32N2O2/c1-5-19-11-9-12-20(6-2)25(19)29-27(31)23-15-17-24(18-16-23)28(32)30-26-21(7-3)13-10-14-22(26)8-4/h9-18H,5-8H2,1-4H3,(H,29,31)(H,30,32). The summed E-state index contributed by atoms with van der Waals surface area (Å²) in [5.41, 5.74) is 7.32. The predicted octanol–water partition coefficient (Wildman–Crippen LogP) is 6.44. The van der Waals surface area contributed by atoms with Gasteiger partial charge in [0.2, 0.25) is 0 Å². The third-order valence-electron chi connectivity index (χ3n) is 5.88. The Labute approximate surface area is 191 Å². The predicted molar refractivity (Wildman–Crippen MR) is 133 cm³/mol. The van der Waals surface area contributed by atoms with E-state index in [-0.39, 0.29) is 11.8 Å². The van der Waals surface area contributed by atoms with Gasteiger partial charge in [-0.25, -0.2) is 0 Å². The molecule has 0 aliphatic rings. The minimum absolute atomic E-state index is 0.169. The third-order valence-corrected chi connectivity index (χ3v) is 5.88. The fourth-order valence-corrected chi connectivity index (χ4v) is 3.95. The minimum atomic E-state index is -0.169. The summed E-state index contributed by atoms with van der Waals surface area (Å²) in [7, 11) is 0. The van der Waals surface area contributed by atoms with Crippen LogP contribution in [0.25, 0.3) is 0 Å². The average molecular weight is 429 g/mol. The van der Waals surface area contributed by atoms with Gasteiger partial charge in [-0.3, -0.25) is 9.59 Å². The van der Waals surface area contributed by atoms with E-state index in [9.17, 15) is 9.59 Å². The summed E-state index contributed by atoms with van der Waals surface area (Å²) in [5, 5.41) is 6.15. The van der Waals surface area contributed by atoms with Crippen LogP contribution in [0.5, 0.6) is 0 Å². The molecule has 0 unspecified atom stereocenters. The van der Waals surface area contributed by atoms with E-state index in [1.54, 1.807) is 24.3 Å². The summed E-state index contributed by atoms with van der Waals surface area (Å²) in [6, 6.07) is 19.0. The molecule has 3 aromatic rings. The van der Waals surface area contributed by atoms with E-state index in [0.29, 0.717) is 11.1 Å². The lowest BCUT2D eigenvalue weighted by Gasteiger charge is -2.15. The van der Waals surface area contributed by atoms with Gasteiger partial charge in [0.1, 0.15) is 0 Å². The molecule has 166 valence electrons. The molecule has 0 saturated heterocycles. The maximum absolute atomic E-state index is 12.9. The number of amides is 2. The molecule has 3 aromatic carbocycles. The van der Waals surface area contributed by atoms with Crippen molar-refractivity contribution in [1.29, 1.82) is 0 Å². The molecule has 2 N–H and O–H groups in total. The molecule has 0 aliphatic carbocycles. The van der Waals surface area contributed by atoms with Crippen LogP contribution >= 0.6 is 0 Å². The van der Waals surface area contributed by atoms with E-state index >= 15 is 0 Å². The Kier molecular flexibility index (Phi) is 7.82. The number of para-hydroxylation sites is 2. The van der Waals surface area contributed by atoms with Crippen LogP contribution in [-0.2, 0) is 25.7 Å². The molecule has 0 spiro atoms. The van der Waals surface area contributed by atoms with E-state index in [1.165, 1.54) is 0 Å². The molecule has 0 radical (unpaired) electrons. The van der Waals surface area contributed by atoms with Crippen molar-refractivity contribution in [2.45, 2.75) is 53.4 Å². The van der Waals surface area contributed by atoms with Crippen LogP contribution in [0.2, 0.25) is 0 Å². The number of aryl methyl sites for hydroxylation is 4. The van der Waals surface area contributed by atoms with Crippen LogP contribution in [0.3, 0.4) is 0 Å². The first-order valence-corrected chi connectivity index (χ1v) is 11.5. The fourth-order valence-electron chi connectivity index (χ4n) is 3.95. The minimum Gasteiger partial charge on any atom is -0.321 e. The summed E-state index contributed by atoms with van der Waals surface area (Å²) in [5.74, 6) is -0.339. The summed E-state index contributed by atoms with van der Waals surface area (Å²) >= 11 is 0. The maximum Gasteiger partial charge on any atom is 0.255 e. The molecule has 0 fully saturated rings. The number of carbonyl (C=O) groups is 2. The molecule has 2 amide bonds. The monoisotopic (exact) mass is 428 g/mol. The zero-order chi connectivity index (χ0) is 23.1. The van der Waals surface area contributed by atoms with E-state index in [2.05, 4.69) is 38.3 Å². The Morgan fingerprint density at radius 2 is 0.812 bits per heavy atom. The number of carbonyl (C=O) groups excluding carboxylic acids is 2. The normalized spacial score (nSPS) is 10.6. The highest BCUT2D eigenvalue weighted by atomic mass is 16.2. The lowest BCUT2D eigenvalue weighted by atomic mass is 10.0. The van der Waals surface area contributed by atoms with Crippen molar-refractivity contribution in [1.82, 2.24) is 0 Å². The molecule has 0 heterocycles. The van der Waals surface area contributed by atoms with Crippen molar-refractivity contribution in [2.75, 3.05) is 10.6 Å². The maximum atomic E-state index is 12.9. The average Bonchev–Trinajstić information content (AvgIpc) is 2.84. The number of hydrogen-bond donors (Lipinski definition) is 2. The van der Waals surface area contributed by atoms with Gasteiger partial charge in [-0.1, -0.05) is 64.1 Å². The van der Waals surface area contributed by atoms with Crippen molar-refractivity contribution < 1.29 is 9.59 Å². The highest BCUT2D eigenvalue weighted by Crippen LogP contribution is 2.25. The van der Waals surface area contributed by atoms with Gasteiger partial charge in [0, 0.05) is 22.5 Å². The van der Waals surface area contributed by atoms with Gasteiger partial charge in [-0.15, -0.1) is 0 Å². The molecule has 0 aromatic heterocycles. The number of benzene rings is 3. The molecule has 4 nitrogen and oxygen atoms in total. The summed E-state index contributed by atoms with van der Waals surface area (Å²) in [4.78, 5) is 25.8. The van der Waals surface area contributed by atoms with Crippen molar-refractivity contribution >= 4 is 23.2 Å². The second-order valence-electron chi connectivity index (χ2n) is 7.80. The van der Waals surface area contributed by atoms with E-state index < -0.39 is 0 Å². The van der Waals surface area contributed by atoms with Crippen LogP contribution in [0.1, 0.15) is 70.7 Å². The van der Waals surface area contributed by atoms with Gasteiger partial charge in [-0.2, -0.15) is 0 Å². The lowest BCUT2D eigenvalue weighted by molar-refractivity contribution is 0.101. The Bertz CT molecular complexity index is 968. The smallest absolute Gasteiger partial charge is 0.255 e. The molecule has 0 bridgehead atoms. The third kappa shape index (κ3) is 5.08. The number of nitrogens with one attached hydrogen (secondary N) is 2. The van der Waals surface area contributed by atoms with Gasteiger partial charge in [0.25, 0.3) is 11.8 Å². The summed E-state index contributed by atoms with van der Waals surface area (Å²) in [6.07, 6.45) is 3.40. The SMILES string of the molecule is CCc1cccc(CC)c1NC(=O)c1ccc(C(=O)Nc2c(CC)cccc2CC)cc1. The van der Waals surface area contributed by atoms with Crippen LogP contribution < -0.4 is 10.6 Å². The molecule has 0 atom stereocenters. The molecule has 3 rings (SSSR count). The number of hydrogen-bond acceptors (Lipinski definition) is 2. The summed E-state index contributed by atoms with van der Waals surface area (Å²) in [6.45, 7) is 8.33. The van der Waals surface area contributed by atoms with Crippen LogP contribution in [0.4, 0.5) is 11.4 Å². The molecular weight excluding hydrogens is 396 g/mol. The zero-order valence-electron chi connectivity index (χ0n) is 19.4. The van der Waals surface area contributed by atoms with Crippen molar-refractivity contribution in [3.63, 3.8) is 0 Å². The Hall–Kier alpha value is -3.40. The van der Waals surface area contributed by atoms with Crippen molar-refractivity contribution in [2.24, 2.45) is 0 Å². The van der Waals surface area contributed by atoms with Gasteiger partial charge in [0.05, 0.1) is 0 Å².